The normalized spacial score (nSPS) is 11.7. The van der Waals surface area contributed by atoms with Crippen LogP contribution in [0.5, 0.6) is 0 Å². The molecule has 2 aromatic carbocycles. The fraction of sp³-hybridized carbons (Fsp3) is 0.370. The zero-order chi connectivity index (χ0) is 31.1. The number of nitrogens with zero attached hydrogens (tertiary/aromatic N) is 1. The maximum Gasteiger partial charge on any atom is 0.320 e. The van der Waals surface area contributed by atoms with Gasteiger partial charge in [-0.3, -0.25) is 19.4 Å². The Balaban J connectivity index is 0. The number of aliphatic imine (C=N–C) groups is 1. The number of Topliss-reactive ketones (excluding diaryl/α,β-unsaturated/α-hetero) is 1. The molecule has 222 valence electrons. The number of hydrogen-bond donors (Lipinski definition) is 8. The molecule has 0 radical (unpaired) electrons. The lowest BCUT2D eigenvalue weighted by molar-refractivity contribution is -0.139. The number of nitrogens with two attached hydrogens (primary N) is 5. The molecule has 0 fully saturated rings. The summed E-state index contributed by atoms with van der Waals surface area (Å²) >= 11 is 0. The lowest BCUT2D eigenvalue weighted by atomic mass is 10.1. The van der Waals surface area contributed by atoms with E-state index in [1.165, 1.54) is 13.8 Å². The molecule has 0 aliphatic carbocycles. The number of rotatable bonds is 11. The van der Waals surface area contributed by atoms with E-state index in [4.69, 9.17) is 44.0 Å². The number of guanidine groups is 1. The number of hydrogen-bond acceptors (Lipinski definition) is 8. The Morgan fingerprint density at radius 1 is 0.675 bits per heavy atom. The van der Waals surface area contributed by atoms with E-state index in [9.17, 15) is 19.2 Å². The highest BCUT2D eigenvalue weighted by atomic mass is 16.4. The monoisotopic (exact) mass is 562 g/mol. The van der Waals surface area contributed by atoms with Gasteiger partial charge in [0.05, 0.1) is 0 Å². The molecule has 2 aromatic rings. The van der Waals surface area contributed by atoms with Crippen LogP contribution in [-0.4, -0.2) is 69.6 Å². The molecule has 0 bridgehead atoms. The summed E-state index contributed by atoms with van der Waals surface area (Å²) in [5, 5.41) is 25.4. The van der Waals surface area contributed by atoms with Gasteiger partial charge < -0.3 is 48.8 Å². The van der Waals surface area contributed by atoms with Gasteiger partial charge in [-0.05, 0) is 50.7 Å². The van der Waals surface area contributed by atoms with Gasteiger partial charge in [-0.25, -0.2) is 0 Å². The van der Waals surface area contributed by atoms with E-state index in [-0.39, 0.29) is 11.7 Å². The van der Waals surface area contributed by atoms with Crippen LogP contribution in [0.3, 0.4) is 0 Å². The van der Waals surface area contributed by atoms with Gasteiger partial charge in [0.15, 0.2) is 5.96 Å². The second kappa shape index (κ2) is 22.6. The van der Waals surface area contributed by atoms with Gasteiger partial charge in [0, 0.05) is 6.54 Å². The Hall–Kier alpha value is -4.33. The van der Waals surface area contributed by atoms with Crippen molar-refractivity contribution in [3.63, 3.8) is 0 Å². The Kier molecular flexibility index (Phi) is 21.4. The van der Waals surface area contributed by atoms with E-state index >= 15 is 0 Å². The minimum atomic E-state index is -1.00. The van der Waals surface area contributed by atoms with E-state index in [1.807, 2.05) is 60.7 Å². The standard InChI is InChI=1S/2C9H11NO2.C6H14N4O2.C3H6O/c2*10-8(9(11)12)6-7-4-2-1-3-5-7;7-4(5(11)12)2-1-3-10-6(8)9;1-3(2)4/h2*1-5,8H,6,10H2,(H,11,12);4H,1-3,7H2,(H,11,12)(H4,8,9,10);1-2H3/t2*8-;4-;/m000./s1. The summed E-state index contributed by atoms with van der Waals surface area (Å²) < 4.78 is 0. The van der Waals surface area contributed by atoms with Crippen LogP contribution in [0.1, 0.15) is 37.8 Å². The predicted octanol–water partition coefficient (Wildman–Crippen LogP) is 0.329. The summed E-state index contributed by atoms with van der Waals surface area (Å²) in [7, 11) is 0. The molecular weight excluding hydrogens is 520 g/mol. The number of ketones is 1. The molecule has 0 heterocycles. The number of aliphatic carboxylic acids is 3. The molecule has 13 heteroatoms. The van der Waals surface area contributed by atoms with E-state index in [0.29, 0.717) is 32.2 Å². The maximum atomic E-state index is 10.4. The highest BCUT2D eigenvalue weighted by Crippen LogP contribution is 2.02. The minimum Gasteiger partial charge on any atom is -0.480 e. The minimum absolute atomic E-state index is 0.0129. The van der Waals surface area contributed by atoms with Crippen molar-refractivity contribution in [3.8, 4) is 0 Å². The Morgan fingerprint density at radius 3 is 1.27 bits per heavy atom. The smallest absolute Gasteiger partial charge is 0.320 e. The summed E-state index contributed by atoms with van der Waals surface area (Å²) in [4.78, 5) is 44.1. The lowest BCUT2D eigenvalue weighted by Gasteiger charge is -2.04. The van der Waals surface area contributed by atoms with E-state index in [1.54, 1.807) is 0 Å². The summed E-state index contributed by atoms with van der Waals surface area (Å²) in [5.41, 5.74) is 27.9. The van der Waals surface area contributed by atoms with Gasteiger partial charge >= 0.3 is 17.9 Å². The topological polar surface area (TPSA) is 271 Å². The Bertz CT molecular complexity index is 971. The van der Waals surface area contributed by atoms with Gasteiger partial charge in [-0.15, -0.1) is 0 Å². The molecule has 0 saturated heterocycles. The number of carbonyl (C=O) groups is 4. The molecule has 13 nitrogen and oxygen atoms in total. The van der Waals surface area contributed by atoms with Crippen LogP contribution in [-0.2, 0) is 32.0 Å². The quantitative estimate of drug-likeness (QED) is 0.104. The van der Waals surface area contributed by atoms with Crippen molar-refractivity contribution >= 4 is 29.7 Å². The lowest BCUT2D eigenvalue weighted by Crippen LogP contribution is -2.32. The van der Waals surface area contributed by atoms with Crippen molar-refractivity contribution in [1.29, 1.82) is 0 Å². The van der Waals surface area contributed by atoms with Crippen molar-refractivity contribution in [2.45, 2.75) is 57.7 Å². The number of benzene rings is 2. The van der Waals surface area contributed by atoms with Crippen LogP contribution in [0.2, 0.25) is 0 Å². The zero-order valence-electron chi connectivity index (χ0n) is 22.8. The fourth-order valence-electron chi connectivity index (χ4n) is 2.55. The molecule has 0 saturated carbocycles. The molecule has 0 aliphatic rings. The van der Waals surface area contributed by atoms with Crippen molar-refractivity contribution in [3.05, 3.63) is 71.8 Å². The van der Waals surface area contributed by atoms with Crippen molar-refractivity contribution < 1.29 is 34.5 Å². The zero-order valence-corrected chi connectivity index (χ0v) is 22.8. The number of carbonyl (C=O) groups excluding carboxylic acids is 1. The first kappa shape index (κ1) is 37.8. The molecule has 0 aliphatic heterocycles. The maximum absolute atomic E-state index is 10.4. The first-order chi connectivity index (χ1) is 18.7. The van der Waals surface area contributed by atoms with Gasteiger partial charge in [-0.2, -0.15) is 0 Å². The van der Waals surface area contributed by atoms with Gasteiger partial charge in [0.25, 0.3) is 0 Å². The van der Waals surface area contributed by atoms with Crippen LogP contribution in [0.15, 0.2) is 65.7 Å². The largest absolute Gasteiger partial charge is 0.480 e. The summed E-state index contributed by atoms with van der Waals surface area (Å²) in [6.07, 6.45) is 1.73. The molecule has 0 spiro atoms. The van der Waals surface area contributed by atoms with Crippen LogP contribution < -0.4 is 28.7 Å². The van der Waals surface area contributed by atoms with E-state index in [2.05, 4.69) is 4.99 Å². The average molecular weight is 563 g/mol. The van der Waals surface area contributed by atoms with Gasteiger partial charge in [0.2, 0.25) is 0 Å². The summed E-state index contributed by atoms with van der Waals surface area (Å²) in [6, 6.07) is 16.3. The summed E-state index contributed by atoms with van der Waals surface area (Å²) in [5.74, 6) is -2.74. The third kappa shape index (κ3) is 24.0. The highest BCUT2D eigenvalue weighted by Gasteiger charge is 2.12. The third-order valence-electron chi connectivity index (χ3n) is 4.52. The van der Waals surface area contributed by atoms with Crippen molar-refractivity contribution in [2.24, 2.45) is 33.7 Å². The first-order valence-electron chi connectivity index (χ1n) is 12.2. The van der Waals surface area contributed by atoms with Gasteiger partial charge in [-0.1, -0.05) is 60.7 Å². The molecule has 40 heavy (non-hydrogen) atoms. The average Bonchev–Trinajstić information content (AvgIpc) is 2.88. The second-order valence-electron chi connectivity index (χ2n) is 8.57. The Morgan fingerprint density at radius 2 is 1.00 bits per heavy atom. The number of carboxylic acids is 3. The first-order valence-corrected chi connectivity index (χ1v) is 12.2. The summed E-state index contributed by atoms with van der Waals surface area (Å²) in [6.45, 7) is 3.48. The van der Waals surface area contributed by atoms with E-state index in [0.717, 1.165) is 11.1 Å². The van der Waals surface area contributed by atoms with E-state index < -0.39 is 36.0 Å². The molecule has 0 aromatic heterocycles. The Labute approximate surface area is 234 Å². The third-order valence-corrected chi connectivity index (χ3v) is 4.52. The molecule has 3 atom stereocenters. The number of carboxylic acid groups (broad SMARTS) is 3. The predicted molar refractivity (Wildman–Crippen MR) is 153 cm³/mol. The van der Waals surface area contributed by atoms with Crippen LogP contribution in [0.4, 0.5) is 0 Å². The van der Waals surface area contributed by atoms with Crippen LogP contribution in [0, 0.1) is 0 Å². The fourth-order valence-corrected chi connectivity index (χ4v) is 2.55. The second-order valence-corrected chi connectivity index (χ2v) is 8.57. The van der Waals surface area contributed by atoms with Crippen molar-refractivity contribution in [1.82, 2.24) is 0 Å². The molecule has 13 N–H and O–H groups in total. The molecule has 0 unspecified atom stereocenters. The highest BCUT2D eigenvalue weighted by molar-refractivity contribution is 5.75. The molecular formula is C27H42N6O7. The van der Waals surface area contributed by atoms with Crippen molar-refractivity contribution in [2.75, 3.05) is 6.54 Å². The van der Waals surface area contributed by atoms with Crippen LogP contribution in [0.25, 0.3) is 0 Å². The molecule has 2 rings (SSSR count). The van der Waals surface area contributed by atoms with Crippen LogP contribution >= 0.6 is 0 Å². The van der Waals surface area contributed by atoms with Gasteiger partial charge in [0.1, 0.15) is 23.9 Å². The SMILES string of the molecule is CC(C)=O.NC(N)=NCCC[C@H](N)C(=O)O.N[C@@H](Cc1ccccc1)C(=O)O.N[C@@H](Cc1ccccc1)C(=O)O. The molecule has 0 amide bonds.